The molecule has 4 aromatic rings. The Morgan fingerprint density at radius 2 is 1.79 bits per heavy atom. The minimum atomic E-state index is 0.600. The number of hydrogen-bond acceptors (Lipinski definition) is 3. The molecule has 0 radical (unpaired) electrons. The number of rotatable bonds is 4. The molecule has 3 nitrogen and oxygen atoms in total. The van der Waals surface area contributed by atoms with Crippen LogP contribution < -0.4 is 10.1 Å². The van der Waals surface area contributed by atoms with E-state index >= 15 is 0 Å². The van der Waals surface area contributed by atoms with E-state index in [1.54, 1.807) is 0 Å². The summed E-state index contributed by atoms with van der Waals surface area (Å²) in [6, 6.07) is 21.4. The van der Waals surface area contributed by atoms with E-state index in [-0.39, 0.29) is 0 Å². The van der Waals surface area contributed by atoms with Gasteiger partial charge in [0.25, 0.3) is 0 Å². The zero-order valence-corrected chi connectivity index (χ0v) is 18.4. The van der Waals surface area contributed by atoms with Gasteiger partial charge in [0.05, 0.1) is 17.7 Å². The van der Waals surface area contributed by atoms with Crippen LogP contribution >= 0.6 is 27.5 Å². The van der Waals surface area contributed by atoms with Crippen LogP contribution in [0.1, 0.15) is 12.5 Å². The van der Waals surface area contributed by atoms with Gasteiger partial charge in [0.2, 0.25) is 0 Å². The summed E-state index contributed by atoms with van der Waals surface area (Å²) in [4.78, 5) is 4.90. The minimum Gasteiger partial charge on any atom is -0.494 e. The average Bonchev–Trinajstić information content (AvgIpc) is 2.72. The maximum absolute atomic E-state index is 6.17. The molecule has 0 N–H and O–H groups in total. The molecule has 1 aromatic heterocycles. The van der Waals surface area contributed by atoms with Crippen molar-refractivity contribution in [3.05, 3.63) is 87.1 Å². The fourth-order valence-electron chi connectivity index (χ4n) is 3.04. The standard InChI is InChI=1S/C24H19BrClNO2/c1-3-28-19-10-11-23-20(13-19)22(27-18-9-4-15(2)21(25)12-18)14-24(29-23)16-5-7-17(26)8-6-16/h4-14H,3H2,1-2H3. The van der Waals surface area contributed by atoms with E-state index in [0.717, 1.165) is 49.1 Å². The first-order valence-corrected chi connectivity index (χ1v) is 10.5. The highest BCUT2D eigenvalue weighted by atomic mass is 79.9. The van der Waals surface area contributed by atoms with Crippen molar-refractivity contribution >= 4 is 44.2 Å². The molecule has 1 heterocycles. The van der Waals surface area contributed by atoms with Crippen molar-refractivity contribution in [2.75, 3.05) is 6.61 Å². The van der Waals surface area contributed by atoms with E-state index < -0.39 is 0 Å². The third kappa shape index (κ3) is 4.39. The third-order valence-corrected chi connectivity index (χ3v) is 5.67. The van der Waals surface area contributed by atoms with Gasteiger partial charge in [-0.2, -0.15) is 0 Å². The van der Waals surface area contributed by atoms with Gasteiger partial charge in [0.15, 0.2) is 0 Å². The molecule has 0 aliphatic heterocycles. The summed E-state index contributed by atoms with van der Waals surface area (Å²) in [6.45, 7) is 4.62. The Balaban J connectivity index is 1.96. The molecule has 0 unspecified atom stereocenters. The number of fused-ring (bicyclic) bond motifs is 1. The summed E-state index contributed by atoms with van der Waals surface area (Å²) in [5.41, 5.74) is 3.70. The first kappa shape index (κ1) is 19.7. The van der Waals surface area contributed by atoms with Crippen molar-refractivity contribution in [1.29, 1.82) is 0 Å². The summed E-state index contributed by atoms with van der Waals surface area (Å²) in [7, 11) is 0. The van der Waals surface area contributed by atoms with E-state index in [1.165, 1.54) is 0 Å². The topological polar surface area (TPSA) is 34.7 Å². The third-order valence-electron chi connectivity index (χ3n) is 4.56. The normalized spacial score (nSPS) is 11.8. The molecule has 0 aliphatic carbocycles. The Bertz CT molecular complexity index is 1250. The number of halogens is 2. The smallest absolute Gasteiger partial charge is 0.137 e. The first-order valence-electron chi connectivity index (χ1n) is 9.31. The van der Waals surface area contributed by atoms with Crippen molar-refractivity contribution in [2.24, 2.45) is 4.99 Å². The largest absolute Gasteiger partial charge is 0.494 e. The number of nitrogens with zero attached hydrogens (tertiary/aromatic N) is 1. The van der Waals surface area contributed by atoms with Crippen LogP contribution in [-0.4, -0.2) is 6.61 Å². The lowest BCUT2D eigenvalue weighted by Crippen LogP contribution is -2.04. The van der Waals surface area contributed by atoms with Crippen molar-refractivity contribution in [1.82, 2.24) is 0 Å². The second-order valence-electron chi connectivity index (χ2n) is 6.64. The second kappa shape index (κ2) is 8.44. The Morgan fingerprint density at radius 1 is 1.00 bits per heavy atom. The zero-order chi connectivity index (χ0) is 20.4. The molecule has 0 bridgehead atoms. The first-order chi connectivity index (χ1) is 14.0. The fraction of sp³-hybridized carbons (Fsp3) is 0.125. The van der Waals surface area contributed by atoms with Crippen molar-refractivity contribution < 1.29 is 9.15 Å². The van der Waals surface area contributed by atoms with E-state index in [0.29, 0.717) is 11.6 Å². The molecule has 4 rings (SSSR count). The maximum Gasteiger partial charge on any atom is 0.137 e. The van der Waals surface area contributed by atoms with Gasteiger partial charge in [0, 0.05) is 26.5 Å². The zero-order valence-electron chi connectivity index (χ0n) is 16.1. The molecule has 29 heavy (non-hydrogen) atoms. The lowest BCUT2D eigenvalue weighted by atomic mass is 10.1. The van der Waals surface area contributed by atoms with Crippen molar-refractivity contribution in [3.63, 3.8) is 0 Å². The monoisotopic (exact) mass is 467 g/mol. The van der Waals surface area contributed by atoms with Crippen LogP contribution in [-0.2, 0) is 0 Å². The molecule has 0 spiro atoms. The fourth-order valence-corrected chi connectivity index (χ4v) is 3.54. The lowest BCUT2D eigenvalue weighted by molar-refractivity contribution is 0.340. The number of aryl methyl sites for hydroxylation is 1. The summed E-state index contributed by atoms with van der Waals surface area (Å²) in [5, 5.41) is 2.39. The van der Waals surface area contributed by atoms with Crippen molar-refractivity contribution in [3.8, 4) is 17.1 Å². The molecular formula is C24H19BrClNO2. The van der Waals surface area contributed by atoms with Crippen LogP contribution in [0.3, 0.4) is 0 Å². The Morgan fingerprint density at radius 3 is 2.52 bits per heavy atom. The predicted octanol–water partition coefficient (Wildman–Crippen LogP) is 7.46. The molecule has 0 aliphatic rings. The molecule has 0 amide bonds. The molecule has 146 valence electrons. The molecule has 5 heteroatoms. The summed E-state index contributed by atoms with van der Waals surface area (Å²) in [6.07, 6.45) is 0. The maximum atomic E-state index is 6.17. The Hall–Kier alpha value is -2.56. The van der Waals surface area contributed by atoms with Gasteiger partial charge in [-0.05, 0) is 74.0 Å². The van der Waals surface area contributed by atoms with Gasteiger partial charge in [-0.25, -0.2) is 4.99 Å². The molecule has 0 saturated heterocycles. The van der Waals surface area contributed by atoms with Gasteiger partial charge < -0.3 is 9.15 Å². The van der Waals surface area contributed by atoms with E-state index in [2.05, 4.69) is 22.9 Å². The number of ether oxygens (including phenoxy) is 1. The van der Waals surface area contributed by atoms with Crippen LogP contribution in [0, 0.1) is 6.92 Å². The molecule has 3 aromatic carbocycles. The quantitative estimate of drug-likeness (QED) is 0.311. The lowest BCUT2D eigenvalue weighted by Gasteiger charge is -2.08. The molecule has 0 atom stereocenters. The van der Waals surface area contributed by atoms with Crippen LogP contribution in [0.15, 0.2) is 80.6 Å². The van der Waals surface area contributed by atoms with Crippen molar-refractivity contribution in [2.45, 2.75) is 13.8 Å². The highest BCUT2D eigenvalue weighted by molar-refractivity contribution is 9.10. The molecular weight excluding hydrogens is 450 g/mol. The minimum absolute atomic E-state index is 0.600. The van der Waals surface area contributed by atoms with Crippen LogP contribution in [0.2, 0.25) is 5.02 Å². The van der Waals surface area contributed by atoms with Gasteiger partial charge >= 0.3 is 0 Å². The predicted molar refractivity (Wildman–Crippen MR) is 122 cm³/mol. The van der Waals surface area contributed by atoms with Gasteiger partial charge in [0.1, 0.15) is 17.1 Å². The summed E-state index contributed by atoms with van der Waals surface area (Å²) < 4.78 is 12.9. The van der Waals surface area contributed by atoms with E-state index in [1.807, 2.05) is 73.7 Å². The SMILES string of the molecule is CCOc1ccc2oc(-c3ccc(Cl)cc3)cc(=Nc3ccc(C)c(Br)c3)c2c1. The Labute approximate surface area is 182 Å². The number of benzene rings is 3. The number of hydrogen-bond donors (Lipinski definition) is 0. The van der Waals surface area contributed by atoms with Gasteiger partial charge in [-0.3, -0.25) is 0 Å². The van der Waals surface area contributed by atoms with Crippen LogP contribution in [0.4, 0.5) is 5.69 Å². The summed E-state index contributed by atoms with van der Waals surface area (Å²) >= 11 is 9.63. The molecule has 0 fully saturated rings. The van der Waals surface area contributed by atoms with Gasteiger partial charge in [-0.15, -0.1) is 0 Å². The van der Waals surface area contributed by atoms with Crippen LogP contribution in [0.5, 0.6) is 5.75 Å². The van der Waals surface area contributed by atoms with E-state index in [9.17, 15) is 0 Å². The van der Waals surface area contributed by atoms with Gasteiger partial charge in [-0.1, -0.05) is 33.6 Å². The van der Waals surface area contributed by atoms with Crippen LogP contribution in [0.25, 0.3) is 22.3 Å². The summed E-state index contributed by atoms with van der Waals surface area (Å²) in [5.74, 6) is 1.51. The van der Waals surface area contributed by atoms with E-state index in [4.69, 9.17) is 25.7 Å². The Kier molecular flexibility index (Phi) is 5.74. The molecule has 0 saturated carbocycles. The average molecular weight is 469 g/mol. The highest BCUT2D eigenvalue weighted by Crippen LogP contribution is 2.27. The second-order valence-corrected chi connectivity index (χ2v) is 7.93. The highest BCUT2D eigenvalue weighted by Gasteiger charge is 2.08.